The van der Waals surface area contributed by atoms with Crippen LogP contribution in [-0.4, -0.2) is 65.3 Å². The molecule has 4 rings (SSSR count). The van der Waals surface area contributed by atoms with Crippen LogP contribution in [0, 0.1) is 0 Å². The van der Waals surface area contributed by atoms with Crippen LogP contribution in [0.15, 0.2) is 29.2 Å². The van der Waals surface area contributed by atoms with Gasteiger partial charge in [-0.3, -0.25) is 8.75 Å². The van der Waals surface area contributed by atoms with Gasteiger partial charge in [0, 0.05) is 0 Å². The van der Waals surface area contributed by atoms with Gasteiger partial charge in [0.15, 0.2) is 28.9 Å². The van der Waals surface area contributed by atoms with Gasteiger partial charge in [0.05, 0.1) is 29.0 Å². The molecular weight excluding hydrogens is 511 g/mol. The van der Waals surface area contributed by atoms with Crippen LogP contribution in [0.3, 0.4) is 0 Å². The van der Waals surface area contributed by atoms with Crippen molar-refractivity contribution in [3.8, 4) is 0 Å². The molecule has 0 aromatic heterocycles. The smallest absolute Gasteiger partial charge is 0.348 e. The van der Waals surface area contributed by atoms with Crippen LogP contribution in [0.25, 0.3) is 0 Å². The average Bonchev–Trinajstić information content (AvgIpc) is 3.36. The lowest BCUT2D eigenvalue weighted by atomic mass is 10.1. The number of hydrogen-bond acceptors (Lipinski definition) is 10. The standard InChI is InChI=1S/C24H37O10PS/c1-14(2)32-35(25,33-15(3)4)17-11-9-10-12-18(17)36(26)34-20-19(16-13-27-23(5,6)29-16)28-22-21(20)30-24(7,8)31-22/h9-12,14-16,19-22H,13H2,1-8H3/t16-,19+,20-,21+,22+,36?/m0/s1. The molecule has 3 aliphatic heterocycles. The minimum absolute atomic E-state index is 0.184. The molecule has 10 nitrogen and oxygen atoms in total. The summed E-state index contributed by atoms with van der Waals surface area (Å²) < 4.78 is 75.0. The van der Waals surface area contributed by atoms with E-state index in [9.17, 15) is 8.77 Å². The fourth-order valence-electron chi connectivity index (χ4n) is 4.46. The molecule has 0 aliphatic carbocycles. The Morgan fingerprint density at radius 2 is 1.58 bits per heavy atom. The first-order valence-corrected chi connectivity index (χ1v) is 14.8. The number of hydrogen-bond donors (Lipinski definition) is 0. The van der Waals surface area contributed by atoms with E-state index in [1.165, 1.54) is 0 Å². The zero-order valence-corrected chi connectivity index (χ0v) is 23.7. The van der Waals surface area contributed by atoms with Crippen LogP contribution in [0.4, 0.5) is 0 Å². The second kappa shape index (κ2) is 10.4. The summed E-state index contributed by atoms with van der Waals surface area (Å²) in [5.41, 5.74) is 0. The summed E-state index contributed by atoms with van der Waals surface area (Å²) in [4.78, 5) is 0.187. The molecular formula is C24H37O10PS. The molecule has 0 saturated carbocycles. The molecule has 3 heterocycles. The molecule has 0 amide bonds. The molecule has 6 atom stereocenters. The van der Waals surface area contributed by atoms with Gasteiger partial charge in [-0.25, -0.2) is 4.21 Å². The van der Waals surface area contributed by atoms with Crippen molar-refractivity contribution in [2.24, 2.45) is 0 Å². The molecule has 0 N–H and O–H groups in total. The van der Waals surface area contributed by atoms with Crippen LogP contribution in [0.1, 0.15) is 55.4 Å². The van der Waals surface area contributed by atoms with Crippen molar-refractivity contribution in [2.45, 2.75) is 115 Å². The zero-order chi connectivity index (χ0) is 26.5. The topological polar surface area (TPSA) is 108 Å². The summed E-state index contributed by atoms with van der Waals surface area (Å²) in [6.45, 7) is 14.5. The Hall–Kier alpha value is -0.720. The Morgan fingerprint density at radius 3 is 2.17 bits per heavy atom. The van der Waals surface area contributed by atoms with E-state index >= 15 is 0 Å². The summed E-state index contributed by atoms with van der Waals surface area (Å²) in [5.74, 6) is -1.70. The highest BCUT2D eigenvalue weighted by molar-refractivity contribution is 7.81. The van der Waals surface area contributed by atoms with Crippen LogP contribution < -0.4 is 5.30 Å². The van der Waals surface area contributed by atoms with Gasteiger partial charge in [-0.05, 0) is 67.5 Å². The van der Waals surface area contributed by atoms with E-state index in [0.29, 0.717) is 0 Å². The Morgan fingerprint density at radius 1 is 0.944 bits per heavy atom. The fourth-order valence-corrected chi connectivity index (χ4v) is 7.97. The molecule has 1 aromatic carbocycles. The van der Waals surface area contributed by atoms with Crippen molar-refractivity contribution in [1.29, 1.82) is 0 Å². The maximum absolute atomic E-state index is 13.9. The minimum Gasteiger partial charge on any atom is -0.348 e. The van der Waals surface area contributed by atoms with E-state index < -0.39 is 61.0 Å². The van der Waals surface area contributed by atoms with Gasteiger partial charge in [-0.15, -0.1) is 0 Å². The highest BCUT2D eigenvalue weighted by Gasteiger charge is 2.59. The van der Waals surface area contributed by atoms with Gasteiger partial charge >= 0.3 is 7.60 Å². The minimum atomic E-state index is -3.82. The number of ether oxygens (including phenoxy) is 5. The summed E-state index contributed by atoms with van der Waals surface area (Å²) in [6, 6.07) is 6.55. The number of fused-ring (bicyclic) bond motifs is 1. The summed E-state index contributed by atoms with van der Waals surface area (Å²) in [6.07, 6.45) is -4.13. The van der Waals surface area contributed by atoms with Crippen molar-refractivity contribution < 1.29 is 45.7 Å². The third-order valence-corrected chi connectivity index (χ3v) is 9.30. The van der Waals surface area contributed by atoms with Gasteiger partial charge in [-0.2, -0.15) is 0 Å². The third-order valence-electron chi connectivity index (χ3n) is 5.66. The summed E-state index contributed by atoms with van der Waals surface area (Å²) >= 11 is -2.08. The third kappa shape index (κ3) is 6.12. The first-order valence-electron chi connectivity index (χ1n) is 12.2. The van der Waals surface area contributed by atoms with Gasteiger partial charge in [0.25, 0.3) is 0 Å². The molecule has 3 fully saturated rings. The normalized spacial score (nSPS) is 32.3. The summed E-state index contributed by atoms with van der Waals surface area (Å²) in [5, 5.41) is 0.184. The quantitative estimate of drug-likeness (QED) is 0.423. The van der Waals surface area contributed by atoms with Crippen LogP contribution >= 0.6 is 7.60 Å². The van der Waals surface area contributed by atoms with E-state index in [1.54, 1.807) is 65.8 Å². The highest BCUT2D eigenvalue weighted by Crippen LogP contribution is 2.51. The van der Waals surface area contributed by atoms with E-state index in [4.69, 9.17) is 36.9 Å². The van der Waals surface area contributed by atoms with Crippen LogP contribution in [0.2, 0.25) is 0 Å². The van der Waals surface area contributed by atoms with Crippen LogP contribution in [-0.2, 0) is 52.6 Å². The van der Waals surface area contributed by atoms with Crippen molar-refractivity contribution in [1.82, 2.24) is 0 Å². The molecule has 204 valence electrons. The lowest BCUT2D eigenvalue weighted by Gasteiger charge is -2.29. The Labute approximate surface area is 215 Å². The molecule has 3 aliphatic rings. The van der Waals surface area contributed by atoms with E-state index in [0.717, 1.165) is 0 Å². The van der Waals surface area contributed by atoms with E-state index in [1.807, 2.05) is 13.8 Å². The van der Waals surface area contributed by atoms with E-state index in [2.05, 4.69) is 0 Å². The number of benzene rings is 1. The molecule has 1 aromatic rings. The molecule has 0 spiro atoms. The highest BCUT2D eigenvalue weighted by atomic mass is 32.2. The van der Waals surface area contributed by atoms with Crippen molar-refractivity contribution >= 4 is 24.0 Å². The molecule has 0 bridgehead atoms. The maximum atomic E-state index is 13.9. The summed E-state index contributed by atoms with van der Waals surface area (Å²) in [7, 11) is -3.82. The average molecular weight is 549 g/mol. The predicted molar refractivity (Wildman–Crippen MR) is 131 cm³/mol. The van der Waals surface area contributed by atoms with Gasteiger partial charge in [-0.1, -0.05) is 12.1 Å². The Balaban J connectivity index is 1.64. The second-order valence-electron chi connectivity index (χ2n) is 10.5. The van der Waals surface area contributed by atoms with Crippen molar-refractivity contribution in [2.75, 3.05) is 6.61 Å². The maximum Gasteiger partial charge on any atom is 0.363 e. The molecule has 3 saturated heterocycles. The van der Waals surface area contributed by atoms with Crippen LogP contribution in [0.5, 0.6) is 0 Å². The van der Waals surface area contributed by atoms with E-state index in [-0.39, 0.29) is 29.0 Å². The van der Waals surface area contributed by atoms with Gasteiger partial charge in [0.2, 0.25) is 0 Å². The fraction of sp³-hybridized carbons (Fsp3) is 0.750. The SMILES string of the molecule is CC(C)OP(=O)(OC(C)C)c1ccccc1S(=O)O[C@@H]1[C@H]2OC(C)(C)O[C@H]2O[C@@H]1[C@@H]1COC(C)(C)O1. The largest absolute Gasteiger partial charge is 0.363 e. The molecule has 0 radical (unpaired) electrons. The van der Waals surface area contributed by atoms with Gasteiger partial charge in [0.1, 0.15) is 24.4 Å². The first kappa shape index (κ1) is 28.3. The van der Waals surface area contributed by atoms with Crippen molar-refractivity contribution in [3.63, 3.8) is 0 Å². The lowest BCUT2D eigenvalue weighted by molar-refractivity contribution is -0.230. The van der Waals surface area contributed by atoms with Crippen molar-refractivity contribution in [3.05, 3.63) is 24.3 Å². The first-order chi connectivity index (χ1) is 16.7. The Bertz CT molecular complexity index is 998. The lowest BCUT2D eigenvalue weighted by Crippen LogP contribution is -2.44. The predicted octanol–water partition coefficient (Wildman–Crippen LogP) is 3.79. The second-order valence-corrected chi connectivity index (χ2v) is 13.5. The number of rotatable bonds is 9. The molecule has 12 heteroatoms. The Kier molecular flexibility index (Phi) is 8.21. The monoisotopic (exact) mass is 548 g/mol. The zero-order valence-electron chi connectivity index (χ0n) is 22.0. The molecule has 36 heavy (non-hydrogen) atoms. The van der Waals surface area contributed by atoms with Gasteiger partial charge < -0.3 is 32.7 Å². The molecule has 1 unspecified atom stereocenters.